The molecule has 1 aliphatic heterocycles. The number of methoxy groups -OCH3 is 1. The van der Waals surface area contributed by atoms with Crippen molar-refractivity contribution in [2.45, 2.75) is 38.8 Å². The van der Waals surface area contributed by atoms with Crippen LogP contribution in [-0.4, -0.2) is 43.7 Å². The van der Waals surface area contributed by atoms with Gasteiger partial charge in [0.15, 0.2) is 0 Å². The molecular weight excluding hydrogens is 352 g/mol. The summed E-state index contributed by atoms with van der Waals surface area (Å²) in [5.41, 5.74) is 2.29. The number of rotatable bonds is 9. The van der Waals surface area contributed by atoms with Gasteiger partial charge >= 0.3 is 0 Å². The van der Waals surface area contributed by atoms with Crippen LogP contribution in [0.2, 0.25) is 0 Å². The largest absolute Gasteiger partial charge is 0.497 e. The van der Waals surface area contributed by atoms with Gasteiger partial charge in [-0.2, -0.15) is 0 Å². The van der Waals surface area contributed by atoms with Crippen molar-refractivity contribution in [3.05, 3.63) is 59.7 Å². The van der Waals surface area contributed by atoms with Crippen molar-refractivity contribution in [2.24, 2.45) is 0 Å². The van der Waals surface area contributed by atoms with Crippen LogP contribution in [-0.2, 0) is 17.8 Å². The predicted molar refractivity (Wildman–Crippen MR) is 111 cm³/mol. The van der Waals surface area contributed by atoms with Crippen molar-refractivity contribution in [1.82, 2.24) is 10.2 Å². The summed E-state index contributed by atoms with van der Waals surface area (Å²) in [4.78, 5) is 14.5. The maximum Gasteiger partial charge on any atom is 0.237 e. The van der Waals surface area contributed by atoms with Crippen molar-refractivity contribution < 1.29 is 14.3 Å². The zero-order valence-electron chi connectivity index (χ0n) is 16.8. The summed E-state index contributed by atoms with van der Waals surface area (Å²) in [6.07, 6.45) is 3.01. The third-order valence-electron chi connectivity index (χ3n) is 5.07. The number of benzene rings is 2. The van der Waals surface area contributed by atoms with E-state index in [1.807, 2.05) is 41.3 Å². The highest BCUT2D eigenvalue weighted by molar-refractivity contribution is 5.79. The molecule has 2 aromatic carbocycles. The highest BCUT2D eigenvalue weighted by atomic mass is 16.5. The van der Waals surface area contributed by atoms with Crippen molar-refractivity contribution >= 4 is 5.91 Å². The molecule has 0 saturated carbocycles. The minimum Gasteiger partial charge on any atom is -0.497 e. The maximum absolute atomic E-state index is 12.6. The molecule has 2 aromatic rings. The maximum atomic E-state index is 12.6. The summed E-state index contributed by atoms with van der Waals surface area (Å²) >= 11 is 0. The molecule has 0 bridgehead atoms. The number of unbranched alkanes of at least 4 members (excludes halogenated alkanes) is 1. The van der Waals surface area contributed by atoms with Gasteiger partial charge in [0.2, 0.25) is 5.91 Å². The second-order valence-electron chi connectivity index (χ2n) is 7.21. The molecular formula is C23H30N2O3. The Balaban J connectivity index is 1.65. The van der Waals surface area contributed by atoms with E-state index in [2.05, 4.69) is 24.4 Å². The first-order chi connectivity index (χ1) is 13.7. The van der Waals surface area contributed by atoms with E-state index in [1.165, 1.54) is 5.56 Å². The third-order valence-corrected chi connectivity index (χ3v) is 5.07. The molecule has 1 amide bonds. The third kappa shape index (κ3) is 5.49. The van der Waals surface area contributed by atoms with E-state index < -0.39 is 0 Å². The molecule has 1 N–H and O–H groups in total. The smallest absolute Gasteiger partial charge is 0.237 e. The number of carbonyl (C=O) groups excluding carboxylic acids is 1. The summed E-state index contributed by atoms with van der Waals surface area (Å²) < 4.78 is 11.1. The van der Waals surface area contributed by atoms with E-state index in [0.29, 0.717) is 13.1 Å². The van der Waals surface area contributed by atoms with Crippen LogP contribution in [0.3, 0.4) is 0 Å². The summed E-state index contributed by atoms with van der Waals surface area (Å²) in [6.45, 7) is 4.70. The molecule has 150 valence electrons. The van der Waals surface area contributed by atoms with Crippen molar-refractivity contribution in [3.8, 4) is 11.5 Å². The van der Waals surface area contributed by atoms with Crippen LogP contribution in [0.15, 0.2) is 48.5 Å². The molecule has 5 nitrogen and oxygen atoms in total. The Bertz CT molecular complexity index is 761. The Kier molecular flexibility index (Phi) is 7.31. The molecule has 5 heteroatoms. The van der Waals surface area contributed by atoms with Crippen molar-refractivity contribution in [2.75, 3.05) is 26.8 Å². The minimum atomic E-state index is 0.124. The van der Waals surface area contributed by atoms with Gasteiger partial charge in [-0.1, -0.05) is 37.6 Å². The Morgan fingerprint density at radius 1 is 1.11 bits per heavy atom. The number of nitrogens with zero attached hydrogens (tertiary/aromatic N) is 1. The molecule has 1 fully saturated rings. The fourth-order valence-corrected chi connectivity index (χ4v) is 3.46. The number of hydrogen-bond acceptors (Lipinski definition) is 4. The molecule has 28 heavy (non-hydrogen) atoms. The first-order valence-corrected chi connectivity index (χ1v) is 10.0. The number of carbonyl (C=O) groups is 1. The SMILES string of the molecule is CCCCOc1ccc(C[C@H]2CNCC(=O)N2Cc2cccc(OC)c2)cc1. The molecule has 0 aromatic heterocycles. The summed E-state index contributed by atoms with van der Waals surface area (Å²) in [7, 11) is 1.66. The van der Waals surface area contributed by atoms with E-state index in [0.717, 1.165) is 49.5 Å². The van der Waals surface area contributed by atoms with Crippen molar-refractivity contribution in [1.29, 1.82) is 0 Å². The van der Waals surface area contributed by atoms with Gasteiger partial charge in [-0.05, 0) is 48.2 Å². The van der Waals surface area contributed by atoms with E-state index in [-0.39, 0.29) is 11.9 Å². The van der Waals surface area contributed by atoms with Crippen LogP contribution in [0, 0.1) is 0 Å². The number of ether oxygens (including phenoxy) is 2. The standard InChI is InChI=1S/C23H30N2O3/c1-3-4-12-28-21-10-8-18(9-11-21)13-20-15-24-16-23(26)25(20)17-19-6-5-7-22(14-19)27-2/h5-11,14,20,24H,3-4,12-13,15-17H2,1-2H3/t20-/m0/s1. The average molecular weight is 383 g/mol. The quantitative estimate of drug-likeness (QED) is 0.675. The molecule has 1 aliphatic rings. The van der Waals surface area contributed by atoms with Gasteiger partial charge in [-0.25, -0.2) is 0 Å². The second kappa shape index (κ2) is 10.1. The number of amides is 1. The van der Waals surface area contributed by atoms with Crippen LogP contribution < -0.4 is 14.8 Å². The average Bonchev–Trinajstić information content (AvgIpc) is 2.72. The van der Waals surface area contributed by atoms with Gasteiger partial charge < -0.3 is 19.7 Å². The van der Waals surface area contributed by atoms with Crippen molar-refractivity contribution in [3.63, 3.8) is 0 Å². The fraction of sp³-hybridized carbons (Fsp3) is 0.435. The van der Waals surface area contributed by atoms with Crippen LogP contribution in [0.4, 0.5) is 0 Å². The van der Waals surface area contributed by atoms with Gasteiger partial charge in [0.05, 0.1) is 20.3 Å². The molecule has 1 heterocycles. The molecule has 0 aliphatic carbocycles. The first-order valence-electron chi connectivity index (χ1n) is 10.0. The lowest BCUT2D eigenvalue weighted by Crippen LogP contribution is -2.55. The monoisotopic (exact) mass is 382 g/mol. The van der Waals surface area contributed by atoms with E-state index in [4.69, 9.17) is 9.47 Å². The van der Waals surface area contributed by atoms with Gasteiger partial charge in [0.1, 0.15) is 11.5 Å². The van der Waals surface area contributed by atoms with E-state index >= 15 is 0 Å². The highest BCUT2D eigenvalue weighted by Crippen LogP contribution is 2.20. The van der Waals surface area contributed by atoms with E-state index in [1.54, 1.807) is 7.11 Å². The number of piperazine rings is 1. The summed E-state index contributed by atoms with van der Waals surface area (Å²) in [5, 5.41) is 3.25. The van der Waals surface area contributed by atoms with Crippen LogP contribution in [0.25, 0.3) is 0 Å². The predicted octanol–water partition coefficient (Wildman–Crippen LogP) is 3.42. The molecule has 1 atom stereocenters. The van der Waals surface area contributed by atoms with E-state index in [9.17, 15) is 4.79 Å². The Hall–Kier alpha value is -2.53. The lowest BCUT2D eigenvalue weighted by molar-refractivity contribution is -0.135. The van der Waals surface area contributed by atoms with Gasteiger partial charge in [-0.15, -0.1) is 0 Å². The lowest BCUT2D eigenvalue weighted by Gasteiger charge is -2.36. The summed E-state index contributed by atoms with van der Waals surface area (Å²) in [6, 6.07) is 16.3. The molecule has 0 spiro atoms. The van der Waals surface area contributed by atoms with Crippen LogP contribution >= 0.6 is 0 Å². The molecule has 3 rings (SSSR count). The van der Waals surface area contributed by atoms with Gasteiger partial charge in [0, 0.05) is 19.1 Å². The Morgan fingerprint density at radius 3 is 2.68 bits per heavy atom. The normalized spacial score (nSPS) is 16.9. The zero-order chi connectivity index (χ0) is 19.8. The Labute approximate surface area is 167 Å². The zero-order valence-corrected chi connectivity index (χ0v) is 16.8. The second-order valence-corrected chi connectivity index (χ2v) is 7.21. The van der Waals surface area contributed by atoms with Gasteiger partial charge in [0.25, 0.3) is 0 Å². The summed E-state index contributed by atoms with van der Waals surface area (Å²) in [5.74, 6) is 1.86. The minimum absolute atomic E-state index is 0.124. The number of hydrogen-bond donors (Lipinski definition) is 1. The first kappa shape index (κ1) is 20.2. The van der Waals surface area contributed by atoms with Gasteiger partial charge in [-0.3, -0.25) is 4.79 Å². The highest BCUT2D eigenvalue weighted by Gasteiger charge is 2.28. The molecule has 0 unspecified atom stereocenters. The topological polar surface area (TPSA) is 50.8 Å². The molecule has 1 saturated heterocycles. The Morgan fingerprint density at radius 2 is 1.93 bits per heavy atom. The molecule has 0 radical (unpaired) electrons. The lowest BCUT2D eigenvalue weighted by atomic mass is 10.0. The number of nitrogens with one attached hydrogen (secondary N) is 1. The van der Waals surface area contributed by atoms with Crippen LogP contribution in [0.1, 0.15) is 30.9 Å². The fourth-order valence-electron chi connectivity index (χ4n) is 3.46. The van der Waals surface area contributed by atoms with Crippen LogP contribution in [0.5, 0.6) is 11.5 Å².